The molecule has 4 heterocycles. The molecule has 1 saturated heterocycles. The lowest BCUT2D eigenvalue weighted by Gasteiger charge is -2.29. The lowest BCUT2D eigenvalue weighted by atomic mass is 10.0. The van der Waals surface area contributed by atoms with Crippen LogP contribution in [-0.2, 0) is 0 Å². The smallest absolute Gasteiger partial charge is 0.231 e. The van der Waals surface area contributed by atoms with Crippen LogP contribution < -0.4 is 19.7 Å². The van der Waals surface area contributed by atoms with Crippen LogP contribution in [0.15, 0.2) is 85.2 Å². The molecule has 0 amide bonds. The molecule has 2 aliphatic rings. The first kappa shape index (κ1) is 19.8. The molecule has 2 atom stereocenters. The highest BCUT2D eigenvalue weighted by molar-refractivity contribution is 7.80. The van der Waals surface area contributed by atoms with Crippen molar-refractivity contribution in [3.63, 3.8) is 0 Å². The van der Waals surface area contributed by atoms with E-state index in [9.17, 15) is 0 Å². The Morgan fingerprint density at radius 1 is 0.939 bits per heavy atom. The summed E-state index contributed by atoms with van der Waals surface area (Å²) in [6.07, 6.45) is 3.92. The largest absolute Gasteiger partial charge is 0.454 e. The number of hydrogen-bond donors (Lipinski definition) is 1. The summed E-state index contributed by atoms with van der Waals surface area (Å²) in [7, 11) is 0. The van der Waals surface area contributed by atoms with E-state index in [-0.39, 0.29) is 18.9 Å². The molecule has 33 heavy (non-hydrogen) atoms. The van der Waals surface area contributed by atoms with Crippen LogP contribution in [0.5, 0.6) is 11.5 Å². The maximum atomic E-state index is 5.87. The molecule has 164 valence electrons. The number of hydrogen-bond acceptors (Lipinski definition) is 4. The van der Waals surface area contributed by atoms with Crippen LogP contribution in [0.25, 0.3) is 5.69 Å². The number of anilines is 1. The minimum Gasteiger partial charge on any atom is -0.454 e. The van der Waals surface area contributed by atoms with Crippen molar-refractivity contribution < 1.29 is 9.47 Å². The first-order valence-electron chi connectivity index (χ1n) is 10.8. The summed E-state index contributed by atoms with van der Waals surface area (Å²) in [5, 5.41) is 4.17. The van der Waals surface area contributed by atoms with E-state index in [0.29, 0.717) is 5.11 Å². The van der Waals surface area contributed by atoms with Crippen LogP contribution in [0.1, 0.15) is 29.0 Å². The van der Waals surface area contributed by atoms with Gasteiger partial charge < -0.3 is 24.3 Å². The molecule has 7 heteroatoms. The van der Waals surface area contributed by atoms with E-state index < -0.39 is 0 Å². The number of benzene rings is 2. The molecular weight excluding hydrogens is 432 g/mol. The van der Waals surface area contributed by atoms with E-state index in [2.05, 4.69) is 69.3 Å². The van der Waals surface area contributed by atoms with Gasteiger partial charge in [-0.25, -0.2) is 0 Å². The summed E-state index contributed by atoms with van der Waals surface area (Å²) in [6, 6.07) is 24.4. The molecule has 4 aromatic rings. The Bertz CT molecular complexity index is 1340. The molecule has 2 aromatic carbocycles. The molecule has 0 aliphatic carbocycles. The average molecular weight is 455 g/mol. The Kier molecular flexibility index (Phi) is 4.77. The second kappa shape index (κ2) is 7.94. The Morgan fingerprint density at radius 3 is 2.70 bits per heavy atom. The fourth-order valence-electron chi connectivity index (χ4n) is 4.62. The van der Waals surface area contributed by atoms with Crippen molar-refractivity contribution in [1.82, 2.24) is 14.9 Å². The average Bonchev–Trinajstić information content (AvgIpc) is 3.57. The van der Waals surface area contributed by atoms with Crippen molar-refractivity contribution >= 4 is 23.0 Å². The fourth-order valence-corrected chi connectivity index (χ4v) is 4.96. The zero-order valence-corrected chi connectivity index (χ0v) is 18.8. The third-order valence-electron chi connectivity index (χ3n) is 6.10. The monoisotopic (exact) mass is 454 g/mol. The maximum absolute atomic E-state index is 5.87. The standard InChI is InChI=1S/C26H22N4O2S/c1-17-6-4-7-18(14-17)29-13-5-9-21(29)25-24(20-8-2-3-12-27-20)28-26(33)30(25)19-10-11-22-23(15-19)32-16-31-22/h2-15,24-25H,16H2,1H3,(H,28,33). The molecule has 2 aromatic heterocycles. The van der Waals surface area contributed by atoms with Gasteiger partial charge in [-0.05, 0) is 73.2 Å². The number of thiocarbonyl (C=S) groups is 1. The summed E-state index contributed by atoms with van der Waals surface area (Å²) < 4.78 is 13.4. The predicted octanol–water partition coefficient (Wildman–Crippen LogP) is 5.09. The first-order valence-corrected chi connectivity index (χ1v) is 11.2. The lowest BCUT2D eigenvalue weighted by molar-refractivity contribution is 0.174. The van der Waals surface area contributed by atoms with Gasteiger partial charge in [-0.15, -0.1) is 0 Å². The number of ether oxygens (including phenoxy) is 2. The highest BCUT2D eigenvalue weighted by atomic mass is 32.1. The number of nitrogens with zero attached hydrogens (tertiary/aromatic N) is 3. The van der Waals surface area contributed by atoms with E-state index in [1.54, 1.807) is 0 Å². The molecule has 0 saturated carbocycles. The molecule has 1 fully saturated rings. The maximum Gasteiger partial charge on any atom is 0.231 e. The van der Waals surface area contributed by atoms with Gasteiger partial charge in [0.05, 0.1) is 11.7 Å². The third kappa shape index (κ3) is 3.41. The minimum absolute atomic E-state index is 0.122. The molecule has 2 unspecified atom stereocenters. The van der Waals surface area contributed by atoms with Crippen LogP contribution >= 0.6 is 12.2 Å². The molecule has 0 bridgehead atoms. The van der Waals surface area contributed by atoms with Crippen molar-refractivity contribution in [3.05, 3.63) is 102 Å². The van der Waals surface area contributed by atoms with E-state index >= 15 is 0 Å². The summed E-state index contributed by atoms with van der Waals surface area (Å²) in [5.74, 6) is 1.47. The van der Waals surface area contributed by atoms with E-state index in [4.69, 9.17) is 21.7 Å². The van der Waals surface area contributed by atoms with Gasteiger partial charge in [0, 0.05) is 35.5 Å². The van der Waals surface area contributed by atoms with Gasteiger partial charge >= 0.3 is 0 Å². The van der Waals surface area contributed by atoms with Gasteiger partial charge in [-0.3, -0.25) is 4.98 Å². The molecule has 0 radical (unpaired) electrons. The van der Waals surface area contributed by atoms with Gasteiger partial charge in [-0.2, -0.15) is 0 Å². The number of aromatic nitrogens is 2. The number of pyridine rings is 1. The molecule has 2 aliphatic heterocycles. The van der Waals surface area contributed by atoms with Gasteiger partial charge in [0.15, 0.2) is 16.6 Å². The second-order valence-corrected chi connectivity index (χ2v) is 8.56. The SMILES string of the molecule is Cc1cccc(-n2cccc2C2C(c3ccccn3)NC(=S)N2c2ccc3c(c2)OCO3)c1. The minimum atomic E-state index is -0.123. The second-order valence-electron chi connectivity index (χ2n) is 8.18. The van der Waals surface area contributed by atoms with Crippen LogP contribution in [0.2, 0.25) is 0 Å². The van der Waals surface area contributed by atoms with Crippen molar-refractivity contribution in [3.8, 4) is 17.2 Å². The van der Waals surface area contributed by atoms with Gasteiger partial charge in [0.1, 0.15) is 6.04 Å². The summed E-state index contributed by atoms with van der Waals surface area (Å²) in [5.41, 5.74) is 5.31. The van der Waals surface area contributed by atoms with Crippen LogP contribution in [0, 0.1) is 6.92 Å². The summed E-state index contributed by atoms with van der Waals surface area (Å²) in [6.45, 7) is 2.34. The number of fused-ring (bicyclic) bond motifs is 1. The normalized spacial score (nSPS) is 19.1. The van der Waals surface area contributed by atoms with Gasteiger partial charge in [0.25, 0.3) is 0 Å². The van der Waals surface area contributed by atoms with Gasteiger partial charge in [-0.1, -0.05) is 18.2 Å². The Morgan fingerprint density at radius 2 is 1.85 bits per heavy atom. The fraction of sp³-hybridized carbons (Fsp3) is 0.154. The van der Waals surface area contributed by atoms with Gasteiger partial charge in [0.2, 0.25) is 6.79 Å². The van der Waals surface area contributed by atoms with Crippen LogP contribution in [0.4, 0.5) is 5.69 Å². The number of rotatable bonds is 4. The molecule has 6 rings (SSSR count). The molecule has 6 nitrogen and oxygen atoms in total. The summed E-state index contributed by atoms with van der Waals surface area (Å²) >= 11 is 5.87. The predicted molar refractivity (Wildman–Crippen MR) is 131 cm³/mol. The summed E-state index contributed by atoms with van der Waals surface area (Å²) in [4.78, 5) is 6.81. The third-order valence-corrected chi connectivity index (χ3v) is 6.41. The Hall–Kier alpha value is -3.84. The highest BCUT2D eigenvalue weighted by Gasteiger charge is 2.42. The Labute approximate surface area is 197 Å². The number of nitrogens with one attached hydrogen (secondary N) is 1. The van der Waals surface area contributed by atoms with E-state index in [0.717, 1.165) is 34.3 Å². The first-order chi connectivity index (χ1) is 16.2. The zero-order chi connectivity index (χ0) is 22.4. The lowest BCUT2D eigenvalue weighted by Crippen LogP contribution is -2.30. The molecular formula is C26H22N4O2S. The quantitative estimate of drug-likeness (QED) is 0.434. The Balaban J connectivity index is 1.51. The topological polar surface area (TPSA) is 51.6 Å². The van der Waals surface area contributed by atoms with Crippen molar-refractivity contribution in [2.45, 2.75) is 19.0 Å². The zero-order valence-electron chi connectivity index (χ0n) is 18.0. The molecule has 0 spiro atoms. The van der Waals surface area contributed by atoms with E-state index in [1.165, 1.54) is 5.56 Å². The van der Waals surface area contributed by atoms with Crippen LogP contribution in [0.3, 0.4) is 0 Å². The van der Waals surface area contributed by atoms with Crippen molar-refractivity contribution in [2.75, 3.05) is 11.7 Å². The number of aryl methyl sites for hydroxylation is 1. The van der Waals surface area contributed by atoms with Crippen molar-refractivity contribution in [2.24, 2.45) is 0 Å². The van der Waals surface area contributed by atoms with Crippen LogP contribution in [-0.4, -0.2) is 21.5 Å². The molecule has 1 N–H and O–H groups in total. The highest BCUT2D eigenvalue weighted by Crippen LogP contribution is 2.44. The van der Waals surface area contributed by atoms with E-state index in [1.807, 2.05) is 42.6 Å². The van der Waals surface area contributed by atoms with Crippen molar-refractivity contribution in [1.29, 1.82) is 0 Å².